The molecule has 0 spiro atoms. The molecule has 0 fully saturated rings. The Morgan fingerprint density at radius 3 is 2.55 bits per heavy atom. The van der Waals surface area contributed by atoms with Gasteiger partial charge in [-0.2, -0.15) is 0 Å². The summed E-state index contributed by atoms with van der Waals surface area (Å²) in [6.07, 6.45) is 1.89. The molecule has 0 aromatic heterocycles. The number of benzene rings is 2. The van der Waals surface area contributed by atoms with Crippen LogP contribution in [0.5, 0.6) is 0 Å². The van der Waals surface area contributed by atoms with E-state index in [0.29, 0.717) is 10.3 Å². The van der Waals surface area contributed by atoms with Gasteiger partial charge in [-0.3, -0.25) is 0 Å². The molecule has 0 aliphatic carbocycles. The maximum absolute atomic E-state index is 11.2. The fourth-order valence-electron chi connectivity index (χ4n) is 2.09. The van der Waals surface area contributed by atoms with Gasteiger partial charge in [-0.15, -0.1) is 0 Å². The van der Waals surface area contributed by atoms with E-state index >= 15 is 0 Å². The second kappa shape index (κ2) is 6.76. The van der Waals surface area contributed by atoms with Crippen molar-refractivity contribution in [2.45, 2.75) is 19.1 Å². The van der Waals surface area contributed by atoms with Crippen LogP contribution in [0.15, 0.2) is 52.9 Å². The van der Waals surface area contributed by atoms with E-state index in [-0.39, 0.29) is 0 Å². The quantitative estimate of drug-likeness (QED) is 0.674. The van der Waals surface area contributed by atoms with Gasteiger partial charge in [-0.05, 0) is 0 Å². The Morgan fingerprint density at radius 2 is 1.90 bits per heavy atom. The number of carbonyl (C=O) groups is 1. The zero-order valence-corrected chi connectivity index (χ0v) is 13.9. The van der Waals surface area contributed by atoms with Crippen LogP contribution in [0.2, 0.25) is 0 Å². The van der Waals surface area contributed by atoms with Crippen LogP contribution in [0.1, 0.15) is 19.4 Å². The summed E-state index contributed by atoms with van der Waals surface area (Å²) in [7, 11) is 0. The summed E-state index contributed by atoms with van der Waals surface area (Å²) in [6, 6.07) is 14.7. The van der Waals surface area contributed by atoms with Gasteiger partial charge in [-0.1, -0.05) is 0 Å². The number of carboxylic acids is 1. The van der Waals surface area contributed by atoms with Gasteiger partial charge >= 0.3 is 126 Å². The molecule has 0 radical (unpaired) electrons. The van der Waals surface area contributed by atoms with Crippen LogP contribution in [0, 0.1) is 5.92 Å². The molecule has 2 aromatic carbocycles. The van der Waals surface area contributed by atoms with E-state index in [4.69, 9.17) is 0 Å². The van der Waals surface area contributed by atoms with Gasteiger partial charge in [0.05, 0.1) is 0 Å². The second-order valence-electron chi connectivity index (χ2n) is 5.16. The second-order valence-corrected chi connectivity index (χ2v) is 7.78. The third-order valence-electron chi connectivity index (χ3n) is 3.03. The molecule has 0 aliphatic heterocycles. The van der Waals surface area contributed by atoms with Crippen LogP contribution in [0.3, 0.4) is 0 Å². The summed E-state index contributed by atoms with van der Waals surface area (Å²) >= 11 is -0.634. The maximum atomic E-state index is 11.2. The molecule has 1 unspecified atom stereocenters. The fourth-order valence-corrected chi connectivity index (χ4v) is 4.64. The van der Waals surface area contributed by atoms with Crippen LogP contribution >= 0.6 is 0 Å². The Hall–Kier alpha value is -1.53. The minimum atomic E-state index is -0.750. The van der Waals surface area contributed by atoms with Crippen LogP contribution in [-0.4, -0.2) is 26.8 Å². The third-order valence-corrected chi connectivity index (χ3v) is 5.85. The summed E-state index contributed by atoms with van der Waals surface area (Å²) in [5, 5.41) is 12.6. The molecule has 0 saturated heterocycles. The average molecular weight is 330 g/mol. The molecule has 0 amide bonds. The molecule has 1 N–H and O–H groups in total. The van der Waals surface area contributed by atoms with E-state index in [1.807, 2.05) is 32.1 Å². The first kappa shape index (κ1) is 14.9. The van der Waals surface area contributed by atoms with Crippen molar-refractivity contribution in [3.8, 4) is 0 Å². The van der Waals surface area contributed by atoms with E-state index in [2.05, 4.69) is 30.3 Å². The fraction of sp³-hybridized carbons (Fsp3) is 0.235. The van der Waals surface area contributed by atoms with Crippen LogP contribution < -0.4 is 0 Å². The first-order valence-corrected chi connectivity index (χ1v) is 9.26. The summed E-state index contributed by atoms with van der Waals surface area (Å²) in [6.45, 7) is 4.04. The van der Waals surface area contributed by atoms with E-state index in [1.165, 1.54) is 16.3 Å². The minimum absolute atomic E-state index is 0.293. The normalized spacial score (nSPS) is 12.7. The van der Waals surface area contributed by atoms with Gasteiger partial charge in [0.2, 0.25) is 0 Å². The number of fused-ring (bicyclic) bond motifs is 1. The first-order chi connectivity index (χ1) is 9.56. The van der Waals surface area contributed by atoms with Gasteiger partial charge in [0.15, 0.2) is 0 Å². The Bertz CT molecular complexity index is 644. The Morgan fingerprint density at radius 1 is 1.20 bits per heavy atom. The molecule has 20 heavy (non-hydrogen) atoms. The number of rotatable bonds is 5. The van der Waals surface area contributed by atoms with Crippen LogP contribution in [0.25, 0.3) is 10.8 Å². The number of carboxylic acid groups (broad SMARTS) is 1. The van der Waals surface area contributed by atoms with Crippen molar-refractivity contribution in [3.63, 3.8) is 0 Å². The monoisotopic (exact) mass is 330 g/mol. The Kier molecular flexibility index (Phi) is 5.03. The van der Waals surface area contributed by atoms with Crippen LogP contribution in [0.4, 0.5) is 0 Å². The Balaban J connectivity index is 2.13. The zero-order valence-electron chi connectivity index (χ0n) is 11.8. The number of hydrogen-bond acceptors (Lipinski definition) is 1. The number of aliphatic carboxylic acids is 1. The van der Waals surface area contributed by atoms with Crippen LogP contribution in [-0.2, 0) is 10.0 Å². The van der Waals surface area contributed by atoms with Crippen molar-refractivity contribution < 1.29 is 9.90 Å². The first-order valence-electron chi connectivity index (χ1n) is 6.73. The summed E-state index contributed by atoms with van der Waals surface area (Å²) in [5.74, 6) is -0.457. The number of allylic oxidation sites excluding steroid dienone is 1. The number of hydrogen-bond donors (Lipinski definition) is 1. The van der Waals surface area contributed by atoms with E-state index < -0.39 is 21.7 Å². The van der Waals surface area contributed by atoms with Gasteiger partial charge in [0.25, 0.3) is 0 Å². The molecule has 3 heteroatoms. The van der Waals surface area contributed by atoms with E-state index in [0.717, 1.165) is 5.21 Å². The van der Waals surface area contributed by atoms with Crippen molar-refractivity contribution in [3.05, 3.63) is 58.5 Å². The zero-order chi connectivity index (χ0) is 14.5. The SMILES string of the molecule is CC(C)/C=C(\[AsH]Cc1ccc2ccccc2c1)C(=O)O. The van der Waals surface area contributed by atoms with E-state index in [1.54, 1.807) is 0 Å². The van der Waals surface area contributed by atoms with Gasteiger partial charge in [0, 0.05) is 0 Å². The average Bonchev–Trinajstić information content (AvgIpc) is 2.42. The van der Waals surface area contributed by atoms with Crippen molar-refractivity contribution >= 4 is 32.5 Å². The van der Waals surface area contributed by atoms with Crippen molar-refractivity contribution in [1.82, 2.24) is 0 Å². The molecule has 1 atom stereocenters. The molecule has 0 heterocycles. The molecule has 2 rings (SSSR count). The van der Waals surface area contributed by atoms with Gasteiger partial charge in [0.1, 0.15) is 0 Å². The van der Waals surface area contributed by atoms with Crippen molar-refractivity contribution in [2.75, 3.05) is 0 Å². The molecule has 0 aliphatic rings. The molecular formula is C17H19AsO2. The van der Waals surface area contributed by atoms with Gasteiger partial charge < -0.3 is 0 Å². The summed E-state index contributed by atoms with van der Waals surface area (Å²) < 4.78 is 0.633. The summed E-state index contributed by atoms with van der Waals surface area (Å²) in [5.41, 5.74) is 1.24. The van der Waals surface area contributed by atoms with Gasteiger partial charge in [-0.25, -0.2) is 0 Å². The molecule has 2 aromatic rings. The predicted molar refractivity (Wildman–Crippen MR) is 85.4 cm³/mol. The molecule has 0 saturated carbocycles. The third kappa shape index (κ3) is 3.98. The topological polar surface area (TPSA) is 37.3 Å². The van der Waals surface area contributed by atoms with Crippen molar-refractivity contribution in [1.29, 1.82) is 0 Å². The van der Waals surface area contributed by atoms with E-state index in [9.17, 15) is 9.90 Å². The predicted octanol–water partition coefficient (Wildman–Crippen LogP) is 3.40. The molecular weight excluding hydrogens is 311 g/mol. The van der Waals surface area contributed by atoms with Crippen molar-refractivity contribution in [2.24, 2.45) is 5.92 Å². The molecule has 0 bridgehead atoms. The Labute approximate surface area is 126 Å². The molecule has 104 valence electrons. The molecule has 2 nitrogen and oxygen atoms in total. The standard InChI is InChI=1S/C17H19AsO2/c1-12(2)9-16(17(19)20)18-11-13-7-8-14-5-3-4-6-15(14)10-13/h3-10,12,18H,11H2,1-2H3,(H,19,20)/b16-9-. The summed E-state index contributed by atoms with van der Waals surface area (Å²) in [4.78, 5) is 11.2.